The van der Waals surface area contributed by atoms with Gasteiger partial charge >= 0.3 is 0 Å². The maximum atomic E-state index is 5.84. The Balaban J connectivity index is 1.64. The first-order valence-corrected chi connectivity index (χ1v) is 7.14. The highest BCUT2D eigenvalue weighted by atomic mass is 16.5. The molecule has 0 aromatic heterocycles. The smallest absolute Gasteiger partial charge is 0.0704 e. The van der Waals surface area contributed by atoms with Crippen LogP contribution in [0, 0.1) is 5.92 Å². The average molecular weight is 225 g/mol. The van der Waals surface area contributed by atoms with Crippen LogP contribution in [0.25, 0.3) is 0 Å². The lowest BCUT2D eigenvalue weighted by Crippen LogP contribution is -2.39. The van der Waals surface area contributed by atoms with E-state index in [1.54, 1.807) is 0 Å². The molecule has 94 valence electrons. The minimum absolute atomic E-state index is 0.473. The van der Waals surface area contributed by atoms with Crippen molar-refractivity contribution in [2.45, 2.75) is 77.0 Å². The maximum absolute atomic E-state index is 5.84. The standard InChI is InChI=1S/C14H27NO/c1-11-8-9-14(16-11)10-15-12(2)13-6-4-3-5-7-13/h11-15H,3-10H2,1-2H3. The van der Waals surface area contributed by atoms with E-state index < -0.39 is 0 Å². The number of rotatable bonds is 4. The fraction of sp³-hybridized carbons (Fsp3) is 1.00. The van der Waals surface area contributed by atoms with Crippen LogP contribution in [0.2, 0.25) is 0 Å². The van der Waals surface area contributed by atoms with Gasteiger partial charge in [0.25, 0.3) is 0 Å². The van der Waals surface area contributed by atoms with Gasteiger partial charge in [0.05, 0.1) is 12.2 Å². The van der Waals surface area contributed by atoms with Gasteiger partial charge in [-0.05, 0) is 45.4 Å². The molecule has 2 heteroatoms. The van der Waals surface area contributed by atoms with Gasteiger partial charge in [0.15, 0.2) is 0 Å². The van der Waals surface area contributed by atoms with E-state index in [2.05, 4.69) is 19.2 Å². The second-order valence-electron chi connectivity index (χ2n) is 5.74. The predicted molar refractivity (Wildman–Crippen MR) is 67.6 cm³/mol. The molecule has 1 heterocycles. The monoisotopic (exact) mass is 225 g/mol. The summed E-state index contributed by atoms with van der Waals surface area (Å²) in [5.41, 5.74) is 0. The molecule has 0 bridgehead atoms. The second-order valence-corrected chi connectivity index (χ2v) is 5.74. The number of nitrogens with one attached hydrogen (secondary N) is 1. The zero-order chi connectivity index (χ0) is 11.4. The van der Waals surface area contributed by atoms with Crippen LogP contribution in [0.1, 0.15) is 58.8 Å². The summed E-state index contributed by atoms with van der Waals surface area (Å²) in [7, 11) is 0. The van der Waals surface area contributed by atoms with Crippen molar-refractivity contribution >= 4 is 0 Å². The van der Waals surface area contributed by atoms with E-state index in [1.807, 2.05) is 0 Å². The van der Waals surface area contributed by atoms with Crippen LogP contribution in [0.5, 0.6) is 0 Å². The molecule has 0 radical (unpaired) electrons. The molecule has 1 aliphatic heterocycles. The zero-order valence-electron chi connectivity index (χ0n) is 10.9. The van der Waals surface area contributed by atoms with Crippen molar-refractivity contribution in [1.29, 1.82) is 0 Å². The first-order chi connectivity index (χ1) is 7.75. The fourth-order valence-electron chi connectivity index (χ4n) is 3.15. The SMILES string of the molecule is CC1CCC(CNC(C)C2CCCCC2)O1. The Hall–Kier alpha value is -0.0800. The molecule has 0 amide bonds. The van der Waals surface area contributed by atoms with Crippen LogP contribution < -0.4 is 5.32 Å². The van der Waals surface area contributed by atoms with Crippen LogP contribution in [0.3, 0.4) is 0 Å². The average Bonchev–Trinajstić information content (AvgIpc) is 2.73. The van der Waals surface area contributed by atoms with E-state index in [0.29, 0.717) is 18.2 Å². The van der Waals surface area contributed by atoms with Crippen LogP contribution in [0.15, 0.2) is 0 Å². The van der Waals surface area contributed by atoms with E-state index in [-0.39, 0.29) is 0 Å². The van der Waals surface area contributed by atoms with Crippen molar-refractivity contribution in [3.05, 3.63) is 0 Å². The molecule has 1 saturated carbocycles. The fourth-order valence-corrected chi connectivity index (χ4v) is 3.15. The highest BCUT2D eigenvalue weighted by Crippen LogP contribution is 2.26. The maximum Gasteiger partial charge on any atom is 0.0704 e. The van der Waals surface area contributed by atoms with Crippen molar-refractivity contribution in [2.24, 2.45) is 5.92 Å². The topological polar surface area (TPSA) is 21.3 Å². The lowest BCUT2D eigenvalue weighted by molar-refractivity contribution is 0.0528. The van der Waals surface area contributed by atoms with Crippen LogP contribution in [-0.4, -0.2) is 24.8 Å². The first kappa shape index (κ1) is 12.4. The predicted octanol–water partition coefficient (Wildman–Crippen LogP) is 3.11. The van der Waals surface area contributed by atoms with Gasteiger partial charge in [0.2, 0.25) is 0 Å². The number of hydrogen-bond acceptors (Lipinski definition) is 2. The van der Waals surface area contributed by atoms with Crippen molar-refractivity contribution in [3.63, 3.8) is 0 Å². The Bertz CT molecular complexity index is 201. The van der Waals surface area contributed by atoms with E-state index >= 15 is 0 Å². The molecule has 1 aliphatic carbocycles. The summed E-state index contributed by atoms with van der Waals surface area (Å²) in [6.07, 6.45) is 10.6. The summed E-state index contributed by atoms with van der Waals surface area (Å²) in [5.74, 6) is 0.910. The molecular formula is C14H27NO. The van der Waals surface area contributed by atoms with E-state index in [9.17, 15) is 0 Å². The van der Waals surface area contributed by atoms with Crippen LogP contribution in [0.4, 0.5) is 0 Å². The van der Waals surface area contributed by atoms with Gasteiger partial charge in [-0.1, -0.05) is 19.3 Å². The normalized spacial score (nSPS) is 34.1. The zero-order valence-corrected chi connectivity index (χ0v) is 10.9. The minimum atomic E-state index is 0.473. The molecule has 0 spiro atoms. The van der Waals surface area contributed by atoms with Crippen LogP contribution in [-0.2, 0) is 4.74 Å². The summed E-state index contributed by atoms with van der Waals surface area (Å²) in [6.45, 7) is 5.60. The Kier molecular flexibility index (Phi) is 4.66. The van der Waals surface area contributed by atoms with Gasteiger partial charge in [0, 0.05) is 12.6 Å². The van der Waals surface area contributed by atoms with Gasteiger partial charge in [0.1, 0.15) is 0 Å². The summed E-state index contributed by atoms with van der Waals surface area (Å²) in [6, 6.07) is 0.680. The third-order valence-electron chi connectivity index (χ3n) is 4.34. The third-order valence-corrected chi connectivity index (χ3v) is 4.34. The second kappa shape index (κ2) is 6.02. The van der Waals surface area contributed by atoms with Gasteiger partial charge in [-0.3, -0.25) is 0 Å². The Morgan fingerprint density at radius 1 is 1.12 bits per heavy atom. The van der Waals surface area contributed by atoms with Crippen molar-refractivity contribution in [3.8, 4) is 0 Å². The van der Waals surface area contributed by atoms with Crippen molar-refractivity contribution in [1.82, 2.24) is 5.32 Å². The minimum Gasteiger partial charge on any atom is -0.374 e. The Morgan fingerprint density at radius 2 is 1.88 bits per heavy atom. The van der Waals surface area contributed by atoms with E-state index in [4.69, 9.17) is 4.74 Å². The van der Waals surface area contributed by atoms with Gasteiger partial charge in [-0.15, -0.1) is 0 Å². The molecule has 0 aromatic rings. The lowest BCUT2D eigenvalue weighted by atomic mass is 9.84. The van der Waals surface area contributed by atoms with Crippen molar-refractivity contribution in [2.75, 3.05) is 6.54 Å². The van der Waals surface area contributed by atoms with Crippen molar-refractivity contribution < 1.29 is 4.74 Å². The highest BCUT2D eigenvalue weighted by molar-refractivity contribution is 4.79. The molecule has 0 aromatic carbocycles. The molecule has 1 saturated heterocycles. The summed E-state index contributed by atoms with van der Waals surface area (Å²) in [5, 5.41) is 3.69. The van der Waals surface area contributed by atoms with Gasteiger partial charge < -0.3 is 10.1 Å². The highest BCUT2D eigenvalue weighted by Gasteiger charge is 2.24. The number of ether oxygens (including phenoxy) is 1. The summed E-state index contributed by atoms with van der Waals surface area (Å²) >= 11 is 0. The lowest BCUT2D eigenvalue weighted by Gasteiger charge is -2.29. The number of hydrogen-bond donors (Lipinski definition) is 1. The molecule has 2 nitrogen and oxygen atoms in total. The van der Waals surface area contributed by atoms with Gasteiger partial charge in [-0.2, -0.15) is 0 Å². The summed E-state index contributed by atoms with van der Waals surface area (Å²) < 4.78 is 5.84. The molecule has 16 heavy (non-hydrogen) atoms. The van der Waals surface area contributed by atoms with E-state index in [0.717, 1.165) is 12.5 Å². The molecule has 1 N–H and O–H groups in total. The summed E-state index contributed by atoms with van der Waals surface area (Å²) in [4.78, 5) is 0. The molecule has 3 atom stereocenters. The Morgan fingerprint density at radius 3 is 2.50 bits per heavy atom. The molecular weight excluding hydrogens is 198 g/mol. The van der Waals surface area contributed by atoms with E-state index in [1.165, 1.54) is 44.9 Å². The van der Waals surface area contributed by atoms with Crippen LogP contribution >= 0.6 is 0 Å². The Labute approximate surface area is 100 Å². The molecule has 2 aliphatic rings. The molecule has 3 unspecified atom stereocenters. The largest absolute Gasteiger partial charge is 0.374 e. The molecule has 2 fully saturated rings. The molecule has 2 rings (SSSR count). The third kappa shape index (κ3) is 3.46. The first-order valence-electron chi connectivity index (χ1n) is 7.14. The van der Waals surface area contributed by atoms with Gasteiger partial charge in [-0.25, -0.2) is 0 Å². The quantitative estimate of drug-likeness (QED) is 0.794.